The lowest BCUT2D eigenvalue weighted by atomic mass is 10.1. The van der Waals surface area contributed by atoms with E-state index in [1.165, 1.54) is 23.1 Å². The van der Waals surface area contributed by atoms with Crippen molar-refractivity contribution in [3.05, 3.63) is 18.2 Å². The van der Waals surface area contributed by atoms with E-state index in [0.29, 0.717) is 5.69 Å². The number of ether oxygens (including phenoxy) is 4. The highest BCUT2D eigenvalue weighted by Gasteiger charge is 2.48. The van der Waals surface area contributed by atoms with E-state index in [1.54, 1.807) is 20.8 Å². The van der Waals surface area contributed by atoms with Crippen LogP contribution in [-0.4, -0.2) is 62.1 Å². The van der Waals surface area contributed by atoms with Crippen molar-refractivity contribution < 1.29 is 38.1 Å². The Balaban J connectivity index is 1.92. The number of imide groups is 1. The Morgan fingerprint density at radius 3 is 2.57 bits per heavy atom. The van der Waals surface area contributed by atoms with Crippen molar-refractivity contribution in [2.45, 2.75) is 38.5 Å². The lowest BCUT2D eigenvalue weighted by Gasteiger charge is -2.29. The van der Waals surface area contributed by atoms with Crippen LogP contribution in [0.2, 0.25) is 0 Å². The lowest BCUT2D eigenvalue weighted by Crippen LogP contribution is -2.47. The summed E-state index contributed by atoms with van der Waals surface area (Å²) in [7, 11) is 1.15. The number of amides is 3. The van der Waals surface area contributed by atoms with Gasteiger partial charge in [0.15, 0.2) is 6.61 Å². The molecule has 11 nitrogen and oxygen atoms in total. The number of carbonyl (C=O) groups is 4. The van der Waals surface area contributed by atoms with Gasteiger partial charge in [0.1, 0.15) is 17.4 Å². The van der Waals surface area contributed by atoms with Gasteiger partial charge in [-0.2, -0.15) is 0 Å². The van der Waals surface area contributed by atoms with Gasteiger partial charge in [-0.25, -0.2) is 19.3 Å². The van der Waals surface area contributed by atoms with Crippen LogP contribution in [0.1, 0.15) is 20.8 Å². The molecular formula is C19H23N3O8. The third-order valence-electron chi connectivity index (χ3n) is 4.41. The van der Waals surface area contributed by atoms with Crippen LogP contribution in [0.5, 0.6) is 5.75 Å². The monoisotopic (exact) mass is 421 g/mol. The highest BCUT2D eigenvalue weighted by atomic mass is 16.6. The highest BCUT2D eigenvalue weighted by molar-refractivity contribution is 6.15. The molecule has 2 aliphatic heterocycles. The quantitative estimate of drug-likeness (QED) is 0.563. The molecule has 0 aromatic heterocycles. The highest BCUT2D eigenvalue weighted by Crippen LogP contribution is 2.38. The average Bonchev–Trinajstić information content (AvgIpc) is 3.02. The standard InChI is InChI=1S/C19H23N3O8/c1-19(2,3)30-16(24)15-12(8-20)21(18(26)29-15)10-5-6-11-13(7-10)28-9-14(23)22(11)17(25)27-4/h5-7,12,15H,8-9,20H2,1-4H3/t12-,15+/m0/s1. The second kappa shape index (κ2) is 7.82. The number of methoxy groups -OCH3 is 1. The summed E-state index contributed by atoms with van der Waals surface area (Å²) in [5.74, 6) is -1.11. The number of nitrogens with two attached hydrogens (primary N) is 1. The fraction of sp³-hybridized carbons (Fsp3) is 0.474. The third kappa shape index (κ3) is 3.88. The van der Waals surface area contributed by atoms with Crippen LogP contribution in [0.25, 0.3) is 0 Å². The summed E-state index contributed by atoms with van der Waals surface area (Å²) in [4.78, 5) is 51.0. The molecule has 0 saturated carbocycles. The fourth-order valence-corrected chi connectivity index (χ4v) is 3.19. The smallest absolute Gasteiger partial charge is 0.421 e. The Kier molecular flexibility index (Phi) is 5.57. The molecule has 2 atom stereocenters. The Bertz CT molecular complexity index is 894. The molecule has 11 heteroatoms. The van der Waals surface area contributed by atoms with Gasteiger partial charge in [0, 0.05) is 12.6 Å². The van der Waals surface area contributed by atoms with Crippen molar-refractivity contribution in [1.82, 2.24) is 0 Å². The van der Waals surface area contributed by atoms with Crippen LogP contribution in [0.3, 0.4) is 0 Å². The molecule has 0 unspecified atom stereocenters. The number of benzene rings is 1. The Labute approximate surface area is 172 Å². The molecule has 0 radical (unpaired) electrons. The van der Waals surface area contributed by atoms with Gasteiger partial charge in [-0.1, -0.05) is 0 Å². The molecule has 0 aliphatic carbocycles. The first-order valence-corrected chi connectivity index (χ1v) is 9.18. The summed E-state index contributed by atoms with van der Waals surface area (Å²) < 4.78 is 20.6. The minimum Gasteiger partial charge on any atom is -0.481 e. The van der Waals surface area contributed by atoms with E-state index in [9.17, 15) is 19.2 Å². The Morgan fingerprint density at radius 1 is 1.27 bits per heavy atom. The van der Waals surface area contributed by atoms with Gasteiger partial charge in [0.2, 0.25) is 6.10 Å². The molecule has 30 heavy (non-hydrogen) atoms. The van der Waals surface area contributed by atoms with Gasteiger partial charge in [0.25, 0.3) is 5.91 Å². The van der Waals surface area contributed by atoms with Gasteiger partial charge in [0.05, 0.1) is 18.5 Å². The number of nitrogens with zero attached hydrogens (tertiary/aromatic N) is 2. The molecule has 162 valence electrons. The normalized spacial score (nSPS) is 21.0. The molecule has 3 amide bonds. The number of carbonyl (C=O) groups excluding carboxylic acids is 4. The number of esters is 1. The number of rotatable bonds is 3. The zero-order chi connectivity index (χ0) is 22.2. The van der Waals surface area contributed by atoms with Crippen LogP contribution >= 0.6 is 0 Å². The zero-order valence-electron chi connectivity index (χ0n) is 17.0. The number of fused-ring (bicyclic) bond motifs is 1. The predicted molar refractivity (Wildman–Crippen MR) is 103 cm³/mol. The van der Waals surface area contributed by atoms with E-state index in [0.717, 1.165) is 12.0 Å². The SMILES string of the molecule is COC(=O)N1C(=O)COc2cc(N3C(=O)O[C@@H](C(=O)OC(C)(C)C)[C@@H]3CN)ccc21. The second-order valence-electron chi connectivity index (χ2n) is 7.65. The molecular weight excluding hydrogens is 398 g/mol. The maximum atomic E-state index is 12.5. The number of anilines is 2. The molecule has 0 spiro atoms. The van der Waals surface area contributed by atoms with Gasteiger partial charge in [-0.05, 0) is 32.9 Å². The van der Waals surface area contributed by atoms with Crippen LogP contribution in [0.4, 0.5) is 21.0 Å². The van der Waals surface area contributed by atoms with Gasteiger partial charge >= 0.3 is 18.2 Å². The average molecular weight is 421 g/mol. The second-order valence-corrected chi connectivity index (χ2v) is 7.65. The molecule has 2 aliphatic rings. The minimum absolute atomic E-state index is 0.0691. The van der Waals surface area contributed by atoms with E-state index in [-0.39, 0.29) is 24.6 Å². The third-order valence-corrected chi connectivity index (χ3v) is 4.41. The van der Waals surface area contributed by atoms with Crippen molar-refractivity contribution in [2.75, 3.05) is 30.1 Å². The van der Waals surface area contributed by atoms with Crippen molar-refractivity contribution in [2.24, 2.45) is 5.73 Å². The van der Waals surface area contributed by atoms with Crippen molar-refractivity contribution in [1.29, 1.82) is 0 Å². The van der Waals surface area contributed by atoms with Gasteiger partial charge in [-0.3, -0.25) is 9.69 Å². The van der Waals surface area contributed by atoms with Crippen molar-refractivity contribution >= 4 is 35.4 Å². The Hall–Kier alpha value is -3.34. The molecule has 2 N–H and O–H groups in total. The van der Waals surface area contributed by atoms with Crippen molar-refractivity contribution in [3.8, 4) is 5.75 Å². The summed E-state index contributed by atoms with van der Waals surface area (Å²) in [6.45, 7) is 4.65. The van der Waals surface area contributed by atoms with E-state index >= 15 is 0 Å². The Morgan fingerprint density at radius 2 is 1.97 bits per heavy atom. The lowest BCUT2D eigenvalue weighted by molar-refractivity contribution is -0.164. The van der Waals surface area contributed by atoms with Crippen LogP contribution in [0.15, 0.2) is 18.2 Å². The largest absolute Gasteiger partial charge is 0.481 e. The predicted octanol–water partition coefficient (Wildman–Crippen LogP) is 1.17. The number of hydrogen-bond acceptors (Lipinski definition) is 9. The molecule has 2 heterocycles. The summed E-state index contributed by atoms with van der Waals surface area (Å²) in [6.07, 6.45) is -2.84. The van der Waals surface area contributed by atoms with Crippen molar-refractivity contribution in [3.63, 3.8) is 0 Å². The molecule has 0 bridgehead atoms. The van der Waals surface area contributed by atoms with E-state index in [4.69, 9.17) is 19.9 Å². The van der Waals surface area contributed by atoms with E-state index in [1.807, 2.05) is 0 Å². The number of hydrogen-bond donors (Lipinski definition) is 1. The molecule has 3 rings (SSSR count). The van der Waals surface area contributed by atoms with E-state index < -0.39 is 41.8 Å². The first-order valence-electron chi connectivity index (χ1n) is 9.18. The first-order chi connectivity index (χ1) is 14.1. The number of cyclic esters (lactones) is 1. The van der Waals surface area contributed by atoms with Crippen LogP contribution in [0, 0.1) is 0 Å². The molecule has 1 fully saturated rings. The first kappa shape index (κ1) is 21.4. The summed E-state index contributed by atoms with van der Waals surface area (Å²) in [5.41, 5.74) is 5.55. The van der Waals surface area contributed by atoms with Gasteiger partial charge in [-0.15, -0.1) is 0 Å². The van der Waals surface area contributed by atoms with E-state index in [2.05, 4.69) is 4.74 Å². The minimum atomic E-state index is -1.20. The summed E-state index contributed by atoms with van der Waals surface area (Å²) in [6, 6.07) is 3.56. The topological polar surface area (TPSA) is 138 Å². The maximum Gasteiger partial charge on any atom is 0.421 e. The fourth-order valence-electron chi connectivity index (χ4n) is 3.19. The molecule has 1 aromatic carbocycles. The van der Waals surface area contributed by atoms with Gasteiger partial charge < -0.3 is 24.7 Å². The maximum absolute atomic E-state index is 12.5. The molecule has 1 saturated heterocycles. The zero-order valence-corrected chi connectivity index (χ0v) is 17.0. The molecule has 1 aromatic rings. The van der Waals surface area contributed by atoms with Crippen LogP contribution in [-0.2, 0) is 23.8 Å². The summed E-state index contributed by atoms with van der Waals surface area (Å²) >= 11 is 0. The van der Waals surface area contributed by atoms with Crippen LogP contribution < -0.4 is 20.3 Å². The summed E-state index contributed by atoms with van der Waals surface area (Å²) in [5, 5.41) is 0.